The van der Waals surface area contributed by atoms with Crippen molar-refractivity contribution in [3.8, 4) is 5.75 Å². The molecule has 34 heavy (non-hydrogen) atoms. The van der Waals surface area contributed by atoms with Gasteiger partial charge in [0.1, 0.15) is 17.9 Å². The van der Waals surface area contributed by atoms with Crippen molar-refractivity contribution in [2.75, 3.05) is 4.90 Å². The molecule has 172 valence electrons. The highest BCUT2D eigenvalue weighted by molar-refractivity contribution is 9.10. The molecule has 1 saturated heterocycles. The highest BCUT2D eigenvalue weighted by Gasteiger charge is 2.36. The van der Waals surface area contributed by atoms with Crippen molar-refractivity contribution in [3.63, 3.8) is 0 Å². The van der Waals surface area contributed by atoms with Crippen molar-refractivity contribution in [1.82, 2.24) is 5.32 Å². The quantitative estimate of drug-likeness (QED) is 0.312. The van der Waals surface area contributed by atoms with Crippen LogP contribution in [-0.4, -0.2) is 17.8 Å². The molecule has 1 aliphatic heterocycles. The maximum absolute atomic E-state index is 13.1. The zero-order valence-electron chi connectivity index (χ0n) is 18.2. The summed E-state index contributed by atoms with van der Waals surface area (Å²) in [6.07, 6.45) is 2.28. The molecule has 0 aliphatic carbocycles. The Balaban J connectivity index is 1.55. The van der Waals surface area contributed by atoms with Gasteiger partial charge in [-0.3, -0.25) is 14.9 Å². The topological polar surface area (TPSA) is 75.7 Å². The number of carbonyl (C=O) groups is 3. The van der Waals surface area contributed by atoms with Crippen LogP contribution in [0.25, 0.3) is 6.08 Å². The van der Waals surface area contributed by atoms with Crippen LogP contribution in [0.3, 0.4) is 0 Å². The van der Waals surface area contributed by atoms with Gasteiger partial charge < -0.3 is 4.74 Å². The number of anilines is 1. The lowest BCUT2D eigenvalue weighted by Crippen LogP contribution is -2.54. The molecule has 4 amide bonds. The number of nitrogens with zero attached hydrogens (tertiary/aromatic N) is 1. The predicted octanol–water partition coefficient (Wildman–Crippen LogP) is 5.91. The van der Waals surface area contributed by atoms with Crippen LogP contribution in [0.15, 0.2) is 76.8 Å². The maximum atomic E-state index is 13.1. The van der Waals surface area contributed by atoms with E-state index in [1.165, 1.54) is 6.08 Å². The van der Waals surface area contributed by atoms with Gasteiger partial charge in [0, 0.05) is 5.02 Å². The average molecular weight is 540 g/mol. The molecule has 6 nitrogen and oxygen atoms in total. The summed E-state index contributed by atoms with van der Waals surface area (Å²) in [5.74, 6) is -0.835. The predicted molar refractivity (Wildman–Crippen MR) is 135 cm³/mol. The van der Waals surface area contributed by atoms with Crippen LogP contribution in [0, 0.1) is 0 Å². The SMILES string of the molecule is CCc1ccc(N2C(=O)NC(=O)/C(=C\c3ccc(OCc4cccc(Cl)c4)c(Br)c3)C2=O)cc1. The second-order valence-corrected chi connectivity index (χ2v) is 8.88. The molecule has 3 aromatic carbocycles. The summed E-state index contributed by atoms with van der Waals surface area (Å²) in [5.41, 5.74) is 2.84. The van der Waals surface area contributed by atoms with E-state index in [0.29, 0.717) is 33.1 Å². The summed E-state index contributed by atoms with van der Waals surface area (Å²) in [4.78, 5) is 38.9. The lowest BCUT2D eigenvalue weighted by molar-refractivity contribution is -0.122. The van der Waals surface area contributed by atoms with Crippen LogP contribution in [0.1, 0.15) is 23.6 Å². The molecule has 4 rings (SSSR count). The molecule has 3 aromatic rings. The Kier molecular flexibility index (Phi) is 7.14. The lowest BCUT2D eigenvalue weighted by Gasteiger charge is -2.26. The van der Waals surface area contributed by atoms with Crippen molar-refractivity contribution < 1.29 is 19.1 Å². The molecule has 1 fully saturated rings. The number of carbonyl (C=O) groups excluding carboxylic acids is 3. The van der Waals surface area contributed by atoms with E-state index in [-0.39, 0.29) is 5.57 Å². The Hall–Kier alpha value is -3.42. The standard InChI is InChI=1S/C26H20BrClN2O4/c1-2-16-6-9-20(10-7-16)30-25(32)21(24(31)29-26(30)33)13-17-8-11-23(22(27)14-17)34-15-18-4-3-5-19(28)12-18/h3-14H,2,15H2,1H3,(H,29,31,33)/b21-13+. The van der Waals surface area contributed by atoms with E-state index in [9.17, 15) is 14.4 Å². The fraction of sp³-hybridized carbons (Fsp3) is 0.115. The van der Waals surface area contributed by atoms with E-state index in [1.54, 1.807) is 36.4 Å². The van der Waals surface area contributed by atoms with Gasteiger partial charge in [-0.25, -0.2) is 9.69 Å². The van der Waals surface area contributed by atoms with Crippen LogP contribution in [-0.2, 0) is 22.6 Å². The Morgan fingerprint density at radius 2 is 1.76 bits per heavy atom. The highest BCUT2D eigenvalue weighted by Crippen LogP contribution is 2.29. The maximum Gasteiger partial charge on any atom is 0.335 e. The zero-order chi connectivity index (χ0) is 24.2. The number of aryl methyl sites for hydroxylation is 1. The molecule has 8 heteroatoms. The molecule has 0 saturated carbocycles. The van der Waals surface area contributed by atoms with Crippen molar-refractivity contribution in [2.24, 2.45) is 0 Å². The van der Waals surface area contributed by atoms with E-state index in [4.69, 9.17) is 16.3 Å². The Labute approximate surface area is 210 Å². The van der Waals surface area contributed by atoms with Gasteiger partial charge in [0.05, 0.1) is 10.2 Å². The van der Waals surface area contributed by atoms with Crippen molar-refractivity contribution in [1.29, 1.82) is 0 Å². The van der Waals surface area contributed by atoms with Gasteiger partial charge in [-0.15, -0.1) is 0 Å². The monoisotopic (exact) mass is 538 g/mol. The molecule has 1 aliphatic rings. The van der Waals surface area contributed by atoms with Gasteiger partial charge in [-0.1, -0.05) is 48.9 Å². The summed E-state index contributed by atoms with van der Waals surface area (Å²) in [6, 6.07) is 18.9. The van der Waals surface area contributed by atoms with Gasteiger partial charge in [0.15, 0.2) is 0 Å². The largest absolute Gasteiger partial charge is 0.488 e. The number of hydrogen-bond donors (Lipinski definition) is 1. The number of benzene rings is 3. The third-order valence-electron chi connectivity index (χ3n) is 5.25. The normalized spacial score (nSPS) is 15.0. The number of nitrogens with one attached hydrogen (secondary N) is 1. The fourth-order valence-corrected chi connectivity index (χ4v) is 4.17. The van der Waals surface area contributed by atoms with Crippen LogP contribution in [0.5, 0.6) is 5.75 Å². The number of amides is 4. The molecule has 0 unspecified atom stereocenters. The van der Waals surface area contributed by atoms with Crippen molar-refractivity contribution in [2.45, 2.75) is 20.0 Å². The van der Waals surface area contributed by atoms with Crippen LogP contribution < -0.4 is 15.0 Å². The van der Waals surface area contributed by atoms with E-state index >= 15 is 0 Å². The summed E-state index contributed by atoms with van der Waals surface area (Å²) in [6.45, 7) is 2.34. The van der Waals surface area contributed by atoms with Gasteiger partial charge >= 0.3 is 6.03 Å². The number of halogens is 2. The number of rotatable bonds is 6. The zero-order valence-corrected chi connectivity index (χ0v) is 20.5. The molecule has 0 spiro atoms. The number of urea groups is 1. The third kappa shape index (κ3) is 5.21. The molecule has 0 bridgehead atoms. The average Bonchev–Trinajstić information content (AvgIpc) is 2.81. The highest BCUT2D eigenvalue weighted by atomic mass is 79.9. The second-order valence-electron chi connectivity index (χ2n) is 7.59. The minimum absolute atomic E-state index is 0.140. The minimum Gasteiger partial charge on any atom is -0.488 e. The molecule has 1 heterocycles. The summed E-state index contributed by atoms with van der Waals surface area (Å²) in [5, 5.41) is 2.87. The van der Waals surface area contributed by atoms with Crippen molar-refractivity contribution in [3.05, 3.63) is 98.5 Å². The van der Waals surface area contributed by atoms with Gasteiger partial charge in [-0.05, 0) is 81.5 Å². The van der Waals surface area contributed by atoms with E-state index in [2.05, 4.69) is 21.2 Å². The van der Waals surface area contributed by atoms with E-state index in [0.717, 1.165) is 22.4 Å². The molecule has 0 radical (unpaired) electrons. The first-order chi connectivity index (χ1) is 16.4. The Bertz CT molecular complexity index is 1300. The summed E-state index contributed by atoms with van der Waals surface area (Å²) in [7, 11) is 0. The number of ether oxygens (including phenoxy) is 1. The van der Waals surface area contributed by atoms with E-state index in [1.807, 2.05) is 37.3 Å². The van der Waals surface area contributed by atoms with Gasteiger partial charge in [-0.2, -0.15) is 0 Å². The fourth-order valence-electron chi connectivity index (χ4n) is 3.45. The number of imide groups is 2. The van der Waals surface area contributed by atoms with Gasteiger partial charge in [0.25, 0.3) is 11.8 Å². The molecule has 0 aromatic heterocycles. The lowest BCUT2D eigenvalue weighted by atomic mass is 10.1. The first-order valence-electron chi connectivity index (χ1n) is 10.5. The van der Waals surface area contributed by atoms with Crippen LogP contribution in [0.2, 0.25) is 5.02 Å². The molecule has 1 N–H and O–H groups in total. The molecular formula is C26H20BrClN2O4. The molecule has 0 atom stereocenters. The first kappa shape index (κ1) is 23.7. The number of barbiturate groups is 1. The van der Waals surface area contributed by atoms with Crippen LogP contribution >= 0.6 is 27.5 Å². The third-order valence-corrected chi connectivity index (χ3v) is 6.11. The number of hydrogen-bond acceptors (Lipinski definition) is 4. The van der Waals surface area contributed by atoms with E-state index < -0.39 is 17.8 Å². The van der Waals surface area contributed by atoms with Crippen molar-refractivity contribution >= 4 is 57.1 Å². The Morgan fingerprint density at radius 1 is 1.00 bits per heavy atom. The second kappa shape index (κ2) is 10.2. The summed E-state index contributed by atoms with van der Waals surface area (Å²) >= 11 is 9.48. The summed E-state index contributed by atoms with van der Waals surface area (Å²) < 4.78 is 6.50. The van der Waals surface area contributed by atoms with Crippen LogP contribution in [0.4, 0.5) is 10.5 Å². The Morgan fingerprint density at radius 3 is 2.44 bits per heavy atom. The minimum atomic E-state index is -0.776. The first-order valence-corrected chi connectivity index (χ1v) is 11.7. The smallest absolute Gasteiger partial charge is 0.335 e. The van der Waals surface area contributed by atoms with Gasteiger partial charge in [0.2, 0.25) is 0 Å². The molecular weight excluding hydrogens is 520 g/mol.